The van der Waals surface area contributed by atoms with Crippen molar-refractivity contribution in [3.63, 3.8) is 0 Å². The fourth-order valence-electron chi connectivity index (χ4n) is 1.63. The van der Waals surface area contributed by atoms with E-state index in [4.69, 9.17) is 33.7 Å². The third-order valence-electron chi connectivity index (χ3n) is 2.41. The van der Waals surface area contributed by atoms with Crippen LogP contribution >= 0.6 is 23.2 Å². The molecule has 1 aromatic carbocycles. The smallest absolute Gasteiger partial charge is 0.139 e. The molecule has 18 heavy (non-hydrogen) atoms. The molecule has 0 bridgehead atoms. The molecule has 2 rings (SSSR count). The number of rotatable bonds is 3. The van der Waals surface area contributed by atoms with Crippen molar-refractivity contribution < 1.29 is 4.74 Å². The molecule has 3 nitrogen and oxygen atoms in total. The van der Waals surface area contributed by atoms with Gasteiger partial charge in [-0.15, -0.1) is 0 Å². The number of nitrogens with two attached hydrogens (primary N) is 1. The molecular formula is C13H12Cl2N2O. The molecule has 5 heteroatoms. The van der Waals surface area contributed by atoms with Crippen LogP contribution in [0.25, 0.3) is 11.1 Å². The molecule has 2 N–H and O–H groups in total. The molecular weight excluding hydrogens is 271 g/mol. The number of hydrogen-bond acceptors (Lipinski definition) is 3. The average molecular weight is 283 g/mol. The van der Waals surface area contributed by atoms with Crippen molar-refractivity contribution in [2.45, 2.75) is 6.92 Å². The summed E-state index contributed by atoms with van der Waals surface area (Å²) < 4.78 is 5.38. The number of halogens is 2. The first kappa shape index (κ1) is 13.0. The monoisotopic (exact) mass is 282 g/mol. The maximum absolute atomic E-state index is 6.22. The van der Waals surface area contributed by atoms with E-state index >= 15 is 0 Å². The number of nitrogen functional groups attached to an aromatic ring is 1. The van der Waals surface area contributed by atoms with Gasteiger partial charge in [0.15, 0.2) is 0 Å². The minimum Gasteiger partial charge on any atom is -0.492 e. The number of ether oxygens (including phenoxy) is 1. The first-order chi connectivity index (χ1) is 8.61. The normalized spacial score (nSPS) is 10.4. The molecule has 0 atom stereocenters. The van der Waals surface area contributed by atoms with E-state index in [0.717, 1.165) is 11.1 Å². The predicted octanol–water partition coefficient (Wildman–Crippen LogP) is 4.04. The lowest BCUT2D eigenvalue weighted by Crippen LogP contribution is -1.94. The molecule has 0 fully saturated rings. The van der Waals surface area contributed by atoms with Gasteiger partial charge in [0.2, 0.25) is 0 Å². The molecule has 0 amide bonds. The lowest BCUT2D eigenvalue weighted by atomic mass is 10.1. The van der Waals surface area contributed by atoms with Crippen molar-refractivity contribution in [1.29, 1.82) is 0 Å². The topological polar surface area (TPSA) is 48.1 Å². The van der Waals surface area contributed by atoms with E-state index in [-0.39, 0.29) is 0 Å². The Morgan fingerprint density at radius 1 is 1.22 bits per heavy atom. The van der Waals surface area contributed by atoms with Gasteiger partial charge in [-0.05, 0) is 30.7 Å². The van der Waals surface area contributed by atoms with E-state index < -0.39 is 0 Å². The largest absolute Gasteiger partial charge is 0.492 e. The summed E-state index contributed by atoms with van der Waals surface area (Å²) in [6.07, 6.45) is 1.63. The van der Waals surface area contributed by atoms with Gasteiger partial charge in [-0.2, -0.15) is 0 Å². The molecule has 1 aromatic heterocycles. The Bertz CT molecular complexity index is 573. The molecule has 0 unspecified atom stereocenters. The highest BCUT2D eigenvalue weighted by Crippen LogP contribution is 2.36. The number of benzene rings is 1. The molecule has 0 saturated carbocycles. The SMILES string of the molecule is CCOc1cc(Cl)c(-c2ccnc(N)c2)cc1Cl. The quantitative estimate of drug-likeness (QED) is 0.924. The predicted molar refractivity (Wildman–Crippen MR) is 75.3 cm³/mol. The maximum atomic E-state index is 6.22. The van der Waals surface area contributed by atoms with E-state index in [0.29, 0.717) is 28.2 Å². The van der Waals surface area contributed by atoms with Crippen LogP contribution in [0.4, 0.5) is 5.82 Å². The highest BCUT2D eigenvalue weighted by Gasteiger charge is 2.10. The Kier molecular flexibility index (Phi) is 3.94. The molecule has 0 aliphatic rings. The van der Waals surface area contributed by atoms with Gasteiger partial charge >= 0.3 is 0 Å². The van der Waals surface area contributed by atoms with E-state index in [1.54, 1.807) is 24.4 Å². The zero-order chi connectivity index (χ0) is 13.1. The van der Waals surface area contributed by atoms with Crippen LogP contribution in [-0.2, 0) is 0 Å². The van der Waals surface area contributed by atoms with Gasteiger partial charge in [-0.1, -0.05) is 23.2 Å². The van der Waals surface area contributed by atoms with Crippen LogP contribution in [0.15, 0.2) is 30.5 Å². The number of aromatic nitrogens is 1. The van der Waals surface area contributed by atoms with Crippen molar-refractivity contribution in [2.75, 3.05) is 12.3 Å². The maximum Gasteiger partial charge on any atom is 0.139 e. The van der Waals surface area contributed by atoms with Gasteiger partial charge < -0.3 is 10.5 Å². The summed E-state index contributed by atoms with van der Waals surface area (Å²) in [5, 5.41) is 1.08. The van der Waals surface area contributed by atoms with Crippen LogP contribution < -0.4 is 10.5 Å². The number of nitrogens with zero attached hydrogens (tertiary/aromatic N) is 1. The first-order valence-corrected chi connectivity index (χ1v) is 6.21. The second-order valence-corrected chi connectivity index (χ2v) is 4.48. The standard InChI is InChI=1S/C13H12Cl2N2O/c1-2-18-12-7-10(14)9(6-11(12)15)8-3-4-17-13(16)5-8/h3-7H,2H2,1H3,(H2,16,17). The Labute approximate surface area is 115 Å². The summed E-state index contributed by atoms with van der Waals surface area (Å²) in [6, 6.07) is 7.05. The van der Waals surface area contributed by atoms with Gasteiger partial charge in [-0.3, -0.25) is 0 Å². The zero-order valence-electron chi connectivity index (χ0n) is 9.78. The van der Waals surface area contributed by atoms with E-state index in [1.807, 2.05) is 13.0 Å². The van der Waals surface area contributed by atoms with Gasteiger partial charge in [0.25, 0.3) is 0 Å². The molecule has 1 heterocycles. The summed E-state index contributed by atoms with van der Waals surface area (Å²) >= 11 is 12.4. The fourth-order valence-corrected chi connectivity index (χ4v) is 2.11. The lowest BCUT2D eigenvalue weighted by molar-refractivity contribution is 0.340. The second kappa shape index (κ2) is 5.46. The highest BCUT2D eigenvalue weighted by atomic mass is 35.5. The molecule has 2 aromatic rings. The van der Waals surface area contributed by atoms with E-state index in [9.17, 15) is 0 Å². The second-order valence-electron chi connectivity index (χ2n) is 3.66. The third-order valence-corrected chi connectivity index (χ3v) is 3.02. The van der Waals surface area contributed by atoms with Crippen molar-refractivity contribution in [3.8, 4) is 16.9 Å². The Hall–Kier alpha value is -1.45. The van der Waals surface area contributed by atoms with Crippen molar-refractivity contribution >= 4 is 29.0 Å². The Morgan fingerprint density at radius 2 is 2.00 bits per heavy atom. The average Bonchev–Trinajstić information content (AvgIpc) is 2.33. The minimum atomic E-state index is 0.438. The number of pyridine rings is 1. The highest BCUT2D eigenvalue weighted by molar-refractivity contribution is 6.36. The summed E-state index contributed by atoms with van der Waals surface area (Å²) in [5.41, 5.74) is 7.33. The van der Waals surface area contributed by atoms with Gasteiger partial charge in [0.05, 0.1) is 16.7 Å². The van der Waals surface area contributed by atoms with Crippen LogP contribution in [0.3, 0.4) is 0 Å². The van der Waals surface area contributed by atoms with Crippen LogP contribution in [0.1, 0.15) is 6.92 Å². The lowest BCUT2D eigenvalue weighted by Gasteiger charge is -2.10. The van der Waals surface area contributed by atoms with Crippen LogP contribution in [0.2, 0.25) is 10.0 Å². The minimum absolute atomic E-state index is 0.438. The molecule has 0 radical (unpaired) electrons. The van der Waals surface area contributed by atoms with Gasteiger partial charge in [-0.25, -0.2) is 4.98 Å². The molecule has 94 valence electrons. The Balaban J connectivity index is 2.49. The van der Waals surface area contributed by atoms with Crippen molar-refractivity contribution in [1.82, 2.24) is 4.98 Å². The summed E-state index contributed by atoms with van der Waals surface area (Å²) in [5.74, 6) is 1.02. The third kappa shape index (κ3) is 2.68. The van der Waals surface area contributed by atoms with Crippen molar-refractivity contribution in [2.24, 2.45) is 0 Å². The molecule has 0 aliphatic carbocycles. The van der Waals surface area contributed by atoms with Crippen molar-refractivity contribution in [3.05, 3.63) is 40.5 Å². The van der Waals surface area contributed by atoms with Crippen LogP contribution in [0.5, 0.6) is 5.75 Å². The van der Waals surface area contributed by atoms with Gasteiger partial charge in [0.1, 0.15) is 11.6 Å². The summed E-state index contributed by atoms with van der Waals surface area (Å²) in [6.45, 7) is 2.43. The molecule has 0 aliphatic heterocycles. The number of hydrogen-bond donors (Lipinski definition) is 1. The first-order valence-electron chi connectivity index (χ1n) is 5.45. The zero-order valence-corrected chi connectivity index (χ0v) is 11.3. The summed E-state index contributed by atoms with van der Waals surface area (Å²) in [7, 11) is 0. The Morgan fingerprint density at radius 3 is 2.67 bits per heavy atom. The fraction of sp³-hybridized carbons (Fsp3) is 0.154. The van der Waals surface area contributed by atoms with Crippen LogP contribution in [-0.4, -0.2) is 11.6 Å². The van der Waals surface area contributed by atoms with Crippen LogP contribution in [0, 0.1) is 0 Å². The number of anilines is 1. The molecule has 0 saturated heterocycles. The van der Waals surface area contributed by atoms with Gasteiger partial charge in [0, 0.05) is 17.8 Å². The van der Waals surface area contributed by atoms with E-state index in [2.05, 4.69) is 4.98 Å². The molecule has 0 spiro atoms. The van der Waals surface area contributed by atoms with E-state index in [1.165, 1.54) is 0 Å². The summed E-state index contributed by atoms with van der Waals surface area (Å²) in [4.78, 5) is 3.94.